The summed E-state index contributed by atoms with van der Waals surface area (Å²) in [5.74, 6) is -0.583. The number of nitrogens with zero attached hydrogens (tertiary/aromatic N) is 3. The van der Waals surface area contributed by atoms with E-state index in [1.165, 1.54) is 24.5 Å². The highest BCUT2D eigenvalue weighted by atomic mass is 16.6. The third-order valence-electron chi connectivity index (χ3n) is 4.31. The Morgan fingerprint density at radius 2 is 2.08 bits per heavy atom. The fourth-order valence-corrected chi connectivity index (χ4v) is 3.01. The van der Waals surface area contributed by atoms with E-state index in [-0.39, 0.29) is 19.7 Å². The molecule has 1 unspecified atom stereocenters. The molecule has 1 aromatic heterocycles. The quantitative estimate of drug-likeness (QED) is 0.820. The van der Waals surface area contributed by atoms with E-state index in [4.69, 9.17) is 9.47 Å². The highest BCUT2D eigenvalue weighted by Gasteiger charge is 2.52. The number of aromatic nitrogens is 2. The maximum Gasteiger partial charge on any atom is 0.411 e. The summed E-state index contributed by atoms with van der Waals surface area (Å²) in [6.45, 7) is 1.11. The molecule has 136 valence electrons. The number of carbonyl (C=O) groups excluding carboxylic acids is 2. The van der Waals surface area contributed by atoms with Gasteiger partial charge in [-0.05, 0) is 11.6 Å². The molecule has 2 aromatic rings. The molecular formula is C18H20N4O4. The summed E-state index contributed by atoms with van der Waals surface area (Å²) in [6, 6.07) is 11.0. The van der Waals surface area contributed by atoms with E-state index in [1.807, 2.05) is 30.3 Å². The fourth-order valence-electron chi connectivity index (χ4n) is 3.01. The van der Waals surface area contributed by atoms with E-state index in [0.717, 1.165) is 5.56 Å². The minimum atomic E-state index is -1.40. The van der Waals surface area contributed by atoms with Gasteiger partial charge in [-0.15, -0.1) is 0 Å². The number of amides is 1. The molecule has 1 fully saturated rings. The van der Waals surface area contributed by atoms with Gasteiger partial charge in [0.15, 0.2) is 5.54 Å². The number of hydrogen-bond donors (Lipinski definition) is 1. The van der Waals surface area contributed by atoms with Crippen molar-refractivity contribution in [1.82, 2.24) is 20.2 Å². The van der Waals surface area contributed by atoms with Gasteiger partial charge in [0.1, 0.15) is 12.9 Å². The van der Waals surface area contributed by atoms with Gasteiger partial charge in [-0.2, -0.15) is 0 Å². The van der Waals surface area contributed by atoms with Crippen LogP contribution < -0.4 is 5.32 Å². The number of benzene rings is 1. The summed E-state index contributed by atoms with van der Waals surface area (Å²) in [5, 5.41) is 3.14. The van der Waals surface area contributed by atoms with Crippen molar-refractivity contribution >= 4 is 12.1 Å². The maximum absolute atomic E-state index is 12.8. The van der Waals surface area contributed by atoms with Gasteiger partial charge in [0, 0.05) is 25.8 Å². The Balaban J connectivity index is 1.89. The lowest BCUT2D eigenvalue weighted by Gasteiger charge is -2.43. The molecule has 0 aliphatic carbocycles. The summed E-state index contributed by atoms with van der Waals surface area (Å²) in [6.07, 6.45) is 2.26. The molecule has 1 atom stereocenters. The molecule has 1 aromatic carbocycles. The molecule has 1 saturated heterocycles. The van der Waals surface area contributed by atoms with Gasteiger partial charge >= 0.3 is 12.1 Å². The van der Waals surface area contributed by atoms with Crippen LogP contribution in [0.2, 0.25) is 0 Å². The second-order valence-electron chi connectivity index (χ2n) is 5.82. The summed E-state index contributed by atoms with van der Waals surface area (Å²) < 4.78 is 10.4. The first-order chi connectivity index (χ1) is 12.7. The standard InChI is InChI=1S/C18H20N4O4/c1-25-16(23)18(15-7-8-20-13-21-15)12-19-9-10-22(18)17(24)26-11-14-5-3-2-4-6-14/h2-8,13,19H,9-12H2,1H3. The first kappa shape index (κ1) is 17.8. The molecule has 0 radical (unpaired) electrons. The molecule has 1 aliphatic heterocycles. The molecule has 0 saturated carbocycles. The van der Waals surface area contributed by atoms with Gasteiger partial charge in [-0.3, -0.25) is 4.90 Å². The molecule has 1 aliphatic rings. The number of piperazine rings is 1. The van der Waals surface area contributed by atoms with Crippen LogP contribution in [0.5, 0.6) is 0 Å². The van der Waals surface area contributed by atoms with Gasteiger partial charge in [0.2, 0.25) is 0 Å². The van der Waals surface area contributed by atoms with Crippen LogP contribution in [0.15, 0.2) is 48.9 Å². The van der Waals surface area contributed by atoms with Crippen LogP contribution in [0, 0.1) is 0 Å². The maximum atomic E-state index is 12.8. The van der Waals surface area contributed by atoms with Crippen LogP contribution in [-0.4, -0.2) is 53.7 Å². The number of ether oxygens (including phenoxy) is 2. The van der Waals surface area contributed by atoms with Crippen LogP contribution in [0.4, 0.5) is 4.79 Å². The Morgan fingerprint density at radius 3 is 2.77 bits per heavy atom. The normalized spacial score (nSPS) is 19.7. The van der Waals surface area contributed by atoms with Crippen molar-refractivity contribution in [2.45, 2.75) is 12.1 Å². The molecule has 0 spiro atoms. The van der Waals surface area contributed by atoms with Gasteiger partial charge in [-0.1, -0.05) is 30.3 Å². The van der Waals surface area contributed by atoms with E-state index in [0.29, 0.717) is 12.2 Å². The Bertz CT molecular complexity index is 756. The Labute approximate surface area is 151 Å². The molecule has 8 heteroatoms. The predicted molar refractivity (Wildman–Crippen MR) is 91.9 cm³/mol. The lowest BCUT2D eigenvalue weighted by atomic mass is 9.90. The Morgan fingerprint density at radius 1 is 1.27 bits per heavy atom. The SMILES string of the molecule is COC(=O)C1(c2ccncn2)CNCCN1C(=O)OCc1ccccc1. The van der Waals surface area contributed by atoms with Crippen molar-refractivity contribution in [3.05, 3.63) is 60.2 Å². The highest BCUT2D eigenvalue weighted by Crippen LogP contribution is 2.31. The zero-order chi connectivity index (χ0) is 18.4. The van der Waals surface area contributed by atoms with Gasteiger partial charge in [0.25, 0.3) is 0 Å². The molecule has 8 nitrogen and oxygen atoms in total. The van der Waals surface area contributed by atoms with E-state index < -0.39 is 17.6 Å². The largest absolute Gasteiger partial charge is 0.467 e. The lowest BCUT2D eigenvalue weighted by molar-refractivity contribution is -0.156. The smallest absolute Gasteiger partial charge is 0.411 e. The van der Waals surface area contributed by atoms with Crippen LogP contribution in [0.3, 0.4) is 0 Å². The number of esters is 1. The zero-order valence-corrected chi connectivity index (χ0v) is 14.4. The molecule has 1 amide bonds. The van der Waals surface area contributed by atoms with Crippen molar-refractivity contribution in [2.24, 2.45) is 0 Å². The Hall–Kier alpha value is -3.00. The topological polar surface area (TPSA) is 93.6 Å². The molecule has 26 heavy (non-hydrogen) atoms. The van der Waals surface area contributed by atoms with Crippen LogP contribution >= 0.6 is 0 Å². The monoisotopic (exact) mass is 356 g/mol. The number of methoxy groups -OCH3 is 1. The molecule has 2 heterocycles. The second-order valence-corrected chi connectivity index (χ2v) is 5.82. The van der Waals surface area contributed by atoms with Crippen LogP contribution in [0.25, 0.3) is 0 Å². The highest BCUT2D eigenvalue weighted by molar-refractivity contribution is 5.87. The van der Waals surface area contributed by atoms with E-state index in [2.05, 4.69) is 15.3 Å². The average molecular weight is 356 g/mol. The van der Waals surface area contributed by atoms with Crippen molar-refractivity contribution in [2.75, 3.05) is 26.7 Å². The van der Waals surface area contributed by atoms with Gasteiger partial charge in [0.05, 0.1) is 12.8 Å². The Kier molecular flexibility index (Phi) is 5.43. The third kappa shape index (κ3) is 3.36. The molecular weight excluding hydrogens is 336 g/mol. The van der Waals surface area contributed by atoms with Crippen molar-refractivity contribution in [3.8, 4) is 0 Å². The molecule has 3 rings (SSSR count). The van der Waals surface area contributed by atoms with Crippen molar-refractivity contribution in [3.63, 3.8) is 0 Å². The molecule has 1 N–H and O–H groups in total. The lowest BCUT2D eigenvalue weighted by Crippen LogP contribution is -2.65. The summed E-state index contributed by atoms with van der Waals surface area (Å²) >= 11 is 0. The minimum Gasteiger partial charge on any atom is -0.467 e. The third-order valence-corrected chi connectivity index (χ3v) is 4.31. The summed E-state index contributed by atoms with van der Waals surface area (Å²) in [5.41, 5.74) is -0.158. The number of carbonyl (C=O) groups is 2. The number of rotatable bonds is 4. The van der Waals surface area contributed by atoms with E-state index in [1.54, 1.807) is 6.07 Å². The van der Waals surface area contributed by atoms with E-state index >= 15 is 0 Å². The number of nitrogens with one attached hydrogen (secondary N) is 1. The first-order valence-electron chi connectivity index (χ1n) is 8.22. The first-order valence-corrected chi connectivity index (χ1v) is 8.22. The summed E-state index contributed by atoms with van der Waals surface area (Å²) in [7, 11) is 1.29. The number of hydrogen-bond acceptors (Lipinski definition) is 7. The average Bonchev–Trinajstić information content (AvgIpc) is 2.72. The van der Waals surface area contributed by atoms with Crippen LogP contribution in [0.1, 0.15) is 11.3 Å². The molecule has 0 bridgehead atoms. The van der Waals surface area contributed by atoms with E-state index in [9.17, 15) is 9.59 Å². The predicted octanol–water partition coefficient (Wildman–Crippen LogP) is 1.09. The second kappa shape index (κ2) is 7.92. The minimum absolute atomic E-state index is 0.116. The van der Waals surface area contributed by atoms with Crippen LogP contribution in [-0.2, 0) is 26.4 Å². The van der Waals surface area contributed by atoms with Crippen molar-refractivity contribution in [1.29, 1.82) is 0 Å². The van der Waals surface area contributed by atoms with Crippen molar-refractivity contribution < 1.29 is 19.1 Å². The summed E-state index contributed by atoms with van der Waals surface area (Å²) in [4.78, 5) is 35.0. The zero-order valence-electron chi connectivity index (χ0n) is 14.4. The van der Waals surface area contributed by atoms with Gasteiger partial charge < -0.3 is 14.8 Å². The van der Waals surface area contributed by atoms with Gasteiger partial charge in [-0.25, -0.2) is 19.6 Å². The fraction of sp³-hybridized carbons (Fsp3) is 0.333.